The van der Waals surface area contributed by atoms with Gasteiger partial charge in [-0.25, -0.2) is 0 Å². The SMILES string of the molecule is Cc1ccc(Cl)c(NCc2cc(Cl)cc(Cl)c2O)c1. The summed E-state index contributed by atoms with van der Waals surface area (Å²) >= 11 is 17.9. The number of halogens is 3. The van der Waals surface area contributed by atoms with Crippen LogP contribution in [0.2, 0.25) is 15.1 Å². The minimum absolute atomic E-state index is 0.0299. The van der Waals surface area contributed by atoms with Crippen LogP contribution in [0.15, 0.2) is 30.3 Å². The molecular weight excluding hydrogens is 305 g/mol. The Morgan fingerprint density at radius 3 is 2.53 bits per heavy atom. The molecule has 2 nitrogen and oxygen atoms in total. The lowest BCUT2D eigenvalue weighted by Crippen LogP contribution is -2.01. The first kappa shape index (κ1) is 14.3. The van der Waals surface area contributed by atoms with Crippen molar-refractivity contribution < 1.29 is 5.11 Å². The van der Waals surface area contributed by atoms with Crippen molar-refractivity contribution >= 4 is 40.5 Å². The molecule has 0 bridgehead atoms. The van der Waals surface area contributed by atoms with E-state index in [9.17, 15) is 5.11 Å². The number of hydrogen-bond acceptors (Lipinski definition) is 2. The van der Waals surface area contributed by atoms with E-state index in [1.807, 2.05) is 25.1 Å². The maximum atomic E-state index is 9.86. The number of aromatic hydroxyl groups is 1. The van der Waals surface area contributed by atoms with E-state index in [0.717, 1.165) is 11.3 Å². The number of rotatable bonds is 3. The Bertz CT molecular complexity index is 614. The van der Waals surface area contributed by atoms with Gasteiger partial charge in [-0.3, -0.25) is 0 Å². The fraction of sp³-hybridized carbons (Fsp3) is 0.143. The summed E-state index contributed by atoms with van der Waals surface area (Å²) in [5, 5.41) is 14.4. The molecule has 0 radical (unpaired) electrons. The second-order valence-corrected chi connectivity index (χ2v) is 5.48. The molecule has 0 saturated heterocycles. The van der Waals surface area contributed by atoms with Crippen LogP contribution in [0.1, 0.15) is 11.1 Å². The second kappa shape index (κ2) is 5.91. The third-order valence-electron chi connectivity index (χ3n) is 2.70. The third kappa shape index (κ3) is 3.47. The Balaban J connectivity index is 2.21. The molecule has 0 aliphatic rings. The summed E-state index contributed by atoms with van der Waals surface area (Å²) in [6.45, 7) is 2.37. The summed E-state index contributed by atoms with van der Waals surface area (Å²) in [6.07, 6.45) is 0. The Labute approximate surface area is 126 Å². The van der Waals surface area contributed by atoms with Crippen LogP contribution in [0.25, 0.3) is 0 Å². The highest BCUT2D eigenvalue weighted by atomic mass is 35.5. The lowest BCUT2D eigenvalue weighted by atomic mass is 10.2. The van der Waals surface area contributed by atoms with Crippen LogP contribution in [0, 0.1) is 6.92 Å². The van der Waals surface area contributed by atoms with Crippen molar-refractivity contribution in [3.05, 3.63) is 56.5 Å². The molecule has 0 aliphatic carbocycles. The molecule has 0 aliphatic heterocycles. The van der Waals surface area contributed by atoms with Gasteiger partial charge in [-0.2, -0.15) is 0 Å². The molecule has 2 aromatic carbocycles. The predicted molar refractivity (Wildman–Crippen MR) is 81.6 cm³/mol. The van der Waals surface area contributed by atoms with Crippen molar-refractivity contribution in [3.8, 4) is 5.75 Å². The first-order valence-corrected chi connectivity index (χ1v) is 6.77. The van der Waals surface area contributed by atoms with Gasteiger partial charge < -0.3 is 10.4 Å². The summed E-state index contributed by atoms with van der Waals surface area (Å²) in [4.78, 5) is 0. The van der Waals surface area contributed by atoms with Gasteiger partial charge in [-0.15, -0.1) is 0 Å². The summed E-state index contributed by atoms with van der Waals surface area (Å²) in [7, 11) is 0. The van der Waals surface area contributed by atoms with Gasteiger partial charge in [0.05, 0.1) is 15.7 Å². The van der Waals surface area contributed by atoms with E-state index >= 15 is 0 Å². The molecule has 0 fully saturated rings. The van der Waals surface area contributed by atoms with E-state index in [4.69, 9.17) is 34.8 Å². The van der Waals surface area contributed by atoms with Gasteiger partial charge in [0.2, 0.25) is 0 Å². The number of benzene rings is 2. The van der Waals surface area contributed by atoms with Crippen LogP contribution < -0.4 is 5.32 Å². The van der Waals surface area contributed by atoms with Crippen molar-refractivity contribution in [1.29, 1.82) is 0 Å². The highest BCUT2D eigenvalue weighted by molar-refractivity contribution is 6.35. The molecule has 0 spiro atoms. The van der Waals surface area contributed by atoms with Gasteiger partial charge in [0.1, 0.15) is 5.75 Å². The lowest BCUT2D eigenvalue weighted by molar-refractivity contribution is 0.469. The quantitative estimate of drug-likeness (QED) is 0.808. The Morgan fingerprint density at radius 2 is 1.79 bits per heavy atom. The first-order chi connectivity index (χ1) is 8.97. The van der Waals surface area contributed by atoms with Crippen LogP contribution in [0.4, 0.5) is 5.69 Å². The average Bonchev–Trinajstić information content (AvgIpc) is 2.35. The molecule has 0 unspecified atom stereocenters. The fourth-order valence-electron chi connectivity index (χ4n) is 1.72. The van der Waals surface area contributed by atoms with Gasteiger partial charge in [0.15, 0.2) is 0 Å². The second-order valence-electron chi connectivity index (χ2n) is 4.23. The van der Waals surface area contributed by atoms with E-state index in [2.05, 4.69) is 5.32 Å². The topological polar surface area (TPSA) is 32.3 Å². The fourth-order valence-corrected chi connectivity index (χ4v) is 2.44. The maximum absolute atomic E-state index is 9.86. The number of phenolic OH excluding ortho intramolecular Hbond substituents is 1. The highest BCUT2D eigenvalue weighted by Crippen LogP contribution is 2.32. The molecule has 0 heterocycles. The van der Waals surface area contributed by atoms with Gasteiger partial charge in [0, 0.05) is 17.1 Å². The molecule has 5 heteroatoms. The van der Waals surface area contributed by atoms with Crippen LogP contribution in [0.3, 0.4) is 0 Å². The molecule has 2 N–H and O–H groups in total. The largest absolute Gasteiger partial charge is 0.506 e. The Kier molecular flexibility index (Phi) is 4.46. The van der Waals surface area contributed by atoms with Gasteiger partial charge in [0.25, 0.3) is 0 Å². The number of aryl methyl sites for hydroxylation is 1. The molecule has 0 saturated carbocycles. The van der Waals surface area contributed by atoms with E-state index in [0.29, 0.717) is 22.2 Å². The van der Waals surface area contributed by atoms with Crippen LogP contribution in [-0.4, -0.2) is 5.11 Å². The average molecular weight is 317 g/mol. The molecule has 0 aromatic heterocycles. The zero-order valence-corrected chi connectivity index (χ0v) is 12.4. The van der Waals surface area contributed by atoms with Gasteiger partial charge >= 0.3 is 0 Å². The molecular formula is C14H12Cl3NO. The standard InChI is InChI=1S/C14H12Cl3NO/c1-8-2-3-11(16)13(4-8)18-7-9-5-10(15)6-12(17)14(9)19/h2-6,18-19H,7H2,1H3. The summed E-state index contributed by atoms with van der Waals surface area (Å²) in [5.41, 5.74) is 2.52. The molecule has 19 heavy (non-hydrogen) atoms. The minimum atomic E-state index is 0.0299. The van der Waals surface area contributed by atoms with Crippen molar-refractivity contribution in [1.82, 2.24) is 0 Å². The lowest BCUT2D eigenvalue weighted by Gasteiger charge is -2.11. The van der Waals surface area contributed by atoms with E-state index in [1.165, 1.54) is 6.07 Å². The Morgan fingerprint density at radius 1 is 1.05 bits per heavy atom. The summed E-state index contributed by atoms with van der Waals surface area (Å²) in [5.74, 6) is 0.0299. The summed E-state index contributed by atoms with van der Waals surface area (Å²) in [6, 6.07) is 8.86. The van der Waals surface area contributed by atoms with E-state index in [-0.39, 0.29) is 10.8 Å². The smallest absolute Gasteiger partial charge is 0.139 e. The molecule has 0 atom stereocenters. The number of phenols is 1. The van der Waals surface area contributed by atoms with Crippen LogP contribution in [0.5, 0.6) is 5.75 Å². The zero-order chi connectivity index (χ0) is 14.0. The number of nitrogens with one attached hydrogen (secondary N) is 1. The third-order valence-corrected chi connectivity index (χ3v) is 3.53. The first-order valence-electron chi connectivity index (χ1n) is 5.64. The van der Waals surface area contributed by atoms with E-state index in [1.54, 1.807) is 6.07 Å². The van der Waals surface area contributed by atoms with Crippen LogP contribution in [-0.2, 0) is 6.54 Å². The van der Waals surface area contributed by atoms with Gasteiger partial charge in [-0.05, 0) is 36.8 Å². The van der Waals surface area contributed by atoms with Crippen molar-refractivity contribution in [2.24, 2.45) is 0 Å². The van der Waals surface area contributed by atoms with E-state index < -0.39 is 0 Å². The normalized spacial score (nSPS) is 10.5. The van der Waals surface area contributed by atoms with Gasteiger partial charge in [-0.1, -0.05) is 40.9 Å². The zero-order valence-electron chi connectivity index (χ0n) is 10.2. The summed E-state index contributed by atoms with van der Waals surface area (Å²) < 4.78 is 0. The molecule has 100 valence electrons. The van der Waals surface area contributed by atoms with Crippen LogP contribution >= 0.6 is 34.8 Å². The molecule has 2 rings (SSSR count). The molecule has 2 aromatic rings. The van der Waals surface area contributed by atoms with Crippen molar-refractivity contribution in [2.75, 3.05) is 5.32 Å². The predicted octanol–water partition coefficient (Wildman–Crippen LogP) is 5.27. The highest BCUT2D eigenvalue weighted by Gasteiger charge is 2.08. The minimum Gasteiger partial charge on any atom is -0.506 e. The van der Waals surface area contributed by atoms with Crippen molar-refractivity contribution in [2.45, 2.75) is 13.5 Å². The maximum Gasteiger partial charge on any atom is 0.139 e. The number of hydrogen-bond donors (Lipinski definition) is 2. The number of anilines is 1. The Hall–Kier alpha value is -1.09. The monoisotopic (exact) mass is 315 g/mol. The molecule has 0 amide bonds. The van der Waals surface area contributed by atoms with Crippen molar-refractivity contribution in [3.63, 3.8) is 0 Å².